The summed E-state index contributed by atoms with van der Waals surface area (Å²) in [7, 11) is 0. The molecular formula is C16H13BrO4. The predicted octanol–water partition coefficient (Wildman–Crippen LogP) is 3.33. The molecule has 0 bridgehead atoms. The van der Waals surface area contributed by atoms with Crippen LogP contribution in [0.5, 0.6) is 11.5 Å². The van der Waals surface area contributed by atoms with E-state index in [1.807, 2.05) is 36.4 Å². The summed E-state index contributed by atoms with van der Waals surface area (Å²) < 4.78 is 17.3. The highest BCUT2D eigenvalue weighted by Gasteiger charge is 2.28. The van der Waals surface area contributed by atoms with Gasteiger partial charge in [-0.2, -0.15) is 0 Å². The summed E-state index contributed by atoms with van der Waals surface area (Å²) in [6.45, 7) is 0.369. The molecule has 1 aliphatic heterocycles. The van der Waals surface area contributed by atoms with Gasteiger partial charge in [0, 0.05) is 4.47 Å². The van der Waals surface area contributed by atoms with Crippen LogP contribution in [-0.2, 0) is 16.1 Å². The second-order valence-electron chi connectivity index (χ2n) is 4.60. The number of esters is 1. The molecular weight excluding hydrogens is 336 g/mol. The van der Waals surface area contributed by atoms with Gasteiger partial charge >= 0.3 is 5.97 Å². The minimum atomic E-state index is -0.730. The van der Waals surface area contributed by atoms with Crippen molar-refractivity contribution in [3.8, 4) is 11.5 Å². The lowest BCUT2D eigenvalue weighted by Crippen LogP contribution is -2.37. The molecule has 0 aromatic heterocycles. The van der Waals surface area contributed by atoms with Gasteiger partial charge in [-0.05, 0) is 29.8 Å². The van der Waals surface area contributed by atoms with Gasteiger partial charge in [-0.3, -0.25) is 0 Å². The molecule has 0 unspecified atom stereocenters. The van der Waals surface area contributed by atoms with Crippen molar-refractivity contribution in [3.63, 3.8) is 0 Å². The molecule has 0 fully saturated rings. The Morgan fingerprint density at radius 2 is 2.00 bits per heavy atom. The Morgan fingerprint density at radius 1 is 1.19 bits per heavy atom. The van der Waals surface area contributed by atoms with Crippen molar-refractivity contribution >= 4 is 21.9 Å². The summed E-state index contributed by atoms with van der Waals surface area (Å²) in [6.07, 6.45) is -0.730. The summed E-state index contributed by atoms with van der Waals surface area (Å²) in [5.74, 6) is 0.783. The lowest BCUT2D eigenvalue weighted by atomic mass is 10.2. The van der Waals surface area contributed by atoms with Crippen molar-refractivity contribution in [2.75, 3.05) is 6.61 Å². The van der Waals surface area contributed by atoms with Crippen molar-refractivity contribution in [2.24, 2.45) is 0 Å². The summed E-state index contributed by atoms with van der Waals surface area (Å²) in [6, 6.07) is 14.9. The minimum Gasteiger partial charge on any atom is -0.485 e. The zero-order valence-electron chi connectivity index (χ0n) is 11.1. The normalized spacial score (nSPS) is 16.3. The third-order valence-electron chi connectivity index (χ3n) is 3.04. The quantitative estimate of drug-likeness (QED) is 0.798. The molecule has 1 heterocycles. The Hall–Kier alpha value is -2.01. The summed E-state index contributed by atoms with van der Waals surface area (Å²) in [5, 5.41) is 0. The van der Waals surface area contributed by atoms with E-state index >= 15 is 0 Å². The molecule has 0 aliphatic carbocycles. The van der Waals surface area contributed by atoms with Crippen LogP contribution in [0.25, 0.3) is 0 Å². The molecule has 5 heteroatoms. The van der Waals surface area contributed by atoms with Crippen LogP contribution in [0.1, 0.15) is 5.56 Å². The zero-order chi connectivity index (χ0) is 14.7. The lowest BCUT2D eigenvalue weighted by molar-refractivity contribution is -0.155. The van der Waals surface area contributed by atoms with Crippen LogP contribution in [0.2, 0.25) is 0 Å². The van der Waals surface area contributed by atoms with Gasteiger partial charge in [0.2, 0.25) is 6.10 Å². The maximum absolute atomic E-state index is 12.0. The fourth-order valence-electron chi connectivity index (χ4n) is 2.01. The minimum absolute atomic E-state index is 0.161. The van der Waals surface area contributed by atoms with Crippen LogP contribution < -0.4 is 9.47 Å². The maximum Gasteiger partial charge on any atom is 0.351 e. The van der Waals surface area contributed by atoms with Gasteiger partial charge in [0.15, 0.2) is 11.5 Å². The molecule has 2 aromatic rings. The SMILES string of the molecule is O=C(OCc1cccc(Br)c1)[C@H]1COc2ccccc2O1. The molecule has 1 atom stereocenters. The number of carbonyl (C=O) groups is 1. The Kier molecular flexibility index (Phi) is 4.10. The number of halogens is 1. The van der Waals surface area contributed by atoms with Crippen molar-refractivity contribution in [3.05, 3.63) is 58.6 Å². The van der Waals surface area contributed by atoms with Gasteiger partial charge in [0.25, 0.3) is 0 Å². The standard InChI is InChI=1S/C16H13BrO4/c17-12-5-3-4-11(8-12)9-20-16(18)15-10-19-13-6-1-2-7-14(13)21-15/h1-8,15H,9-10H2/t15-/m1/s1. The van der Waals surface area contributed by atoms with Crippen LogP contribution in [0.3, 0.4) is 0 Å². The number of para-hydroxylation sites is 2. The second kappa shape index (κ2) is 6.18. The third-order valence-corrected chi connectivity index (χ3v) is 3.53. The number of ether oxygens (including phenoxy) is 3. The first-order chi connectivity index (χ1) is 10.2. The van der Waals surface area contributed by atoms with Crippen molar-refractivity contribution in [1.82, 2.24) is 0 Å². The van der Waals surface area contributed by atoms with E-state index in [4.69, 9.17) is 14.2 Å². The monoisotopic (exact) mass is 348 g/mol. The molecule has 0 radical (unpaired) electrons. The fourth-order valence-corrected chi connectivity index (χ4v) is 2.46. The summed E-state index contributed by atoms with van der Waals surface area (Å²) in [4.78, 5) is 12.0. The van der Waals surface area contributed by atoms with E-state index in [1.165, 1.54) is 0 Å². The second-order valence-corrected chi connectivity index (χ2v) is 5.52. The Bertz CT molecular complexity index is 656. The largest absolute Gasteiger partial charge is 0.485 e. The van der Waals surface area contributed by atoms with E-state index in [0.717, 1.165) is 10.0 Å². The molecule has 1 aliphatic rings. The van der Waals surface area contributed by atoms with Crippen LogP contribution >= 0.6 is 15.9 Å². The lowest BCUT2D eigenvalue weighted by Gasteiger charge is -2.24. The third kappa shape index (κ3) is 3.36. The Morgan fingerprint density at radius 3 is 2.81 bits per heavy atom. The van der Waals surface area contributed by atoms with Crippen LogP contribution in [0, 0.1) is 0 Å². The smallest absolute Gasteiger partial charge is 0.351 e. The van der Waals surface area contributed by atoms with Gasteiger partial charge in [0.1, 0.15) is 13.2 Å². The van der Waals surface area contributed by atoms with Gasteiger partial charge < -0.3 is 14.2 Å². The summed E-state index contributed by atoms with van der Waals surface area (Å²) >= 11 is 3.38. The number of rotatable bonds is 3. The fraction of sp³-hybridized carbons (Fsp3) is 0.188. The van der Waals surface area contributed by atoms with Gasteiger partial charge in [0.05, 0.1) is 0 Å². The van der Waals surface area contributed by atoms with Gasteiger partial charge in [-0.25, -0.2) is 4.79 Å². The molecule has 0 saturated carbocycles. The van der Waals surface area contributed by atoms with Crippen LogP contribution in [0.15, 0.2) is 53.0 Å². The number of carbonyl (C=O) groups excluding carboxylic acids is 1. The van der Waals surface area contributed by atoms with E-state index in [9.17, 15) is 4.79 Å². The molecule has 4 nitrogen and oxygen atoms in total. The van der Waals surface area contributed by atoms with Gasteiger partial charge in [-0.1, -0.05) is 40.2 Å². The van der Waals surface area contributed by atoms with Crippen LogP contribution in [-0.4, -0.2) is 18.7 Å². The molecule has 0 amide bonds. The molecule has 21 heavy (non-hydrogen) atoms. The van der Waals surface area contributed by atoms with E-state index in [0.29, 0.717) is 11.5 Å². The van der Waals surface area contributed by atoms with Crippen molar-refractivity contribution in [1.29, 1.82) is 0 Å². The molecule has 3 rings (SSSR count). The first-order valence-electron chi connectivity index (χ1n) is 6.52. The average Bonchev–Trinajstić information content (AvgIpc) is 2.52. The van der Waals surface area contributed by atoms with Crippen LogP contribution in [0.4, 0.5) is 0 Å². The number of benzene rings is 2. The number of hydrogen-bond donors (Lipinski definition) is 0. The number of fused-ring (bicyclic) bond motifs is 1. The Balaban J connectivity index is 1.59. The van der Waals surface area contributed by atoms with Gasteiger partial charge in [-0.15, -0.1) is 0 Å². The Labute approximate surface area is 130 Å². The molecule has 0 saturated heterocycles. The average molecular weight is 349 g/mol. The van der Waals surface area contributed by atoms with E-state index in [2.05, 4.69) is 15.9 Å². The van der Waals surface area contributed by atoms with E-state index in [1.54, 1.807) is 12.1 Å². The highest BCUT2D eigenvalue weighted by atomic mass is 79.9. The van der Waals surface area contributed by atoms with Crippen molar-refractivity contribution in [2.45, 2.75) is 12.7 Å². The topological polar surface area (TPSA) is 44.8 Å². The van der Waals surface area contributed by atoms with E-state index < -0.39 is 12.1 Å². The predicted molar refractivity (Wildman–Crippen MR) is 80.3 cm³/mol. The zero-order valence-corrected chi connectivity index (χ0v) is 12.7. The first-order valence-corrected chi connectivity index (χ1v) is 7.31. The highest BCUT2D eigenvalue weighted by Crippen LogP contribution is 2.31. The molecule has 0 N–H and O–H groups in total. The molecule has 108 valence electrons. The molecule has 0 spiro atoms. The van der Waals surface area contributed by atoms with E-state index in [-0.39, 0.29) is 13.2 Å². The number of hydrogen-bond acceptors (Lipinski definition) is 4. The van der Waals surface area contributed by atoms with Crippen molar-refractivity contribution < 1.29 is 19.0 Å². The summed E-state index contributed by atoms with van der Waals surface area (Å²) in [5.41, 5.74) is 0.912. The highest BCUT2D eigenvalue weighted by molar-refractivity contribution is 9.10. The molecule has 2 aromatic carbocycles. The first kappa shape index (κ1) is 13.9. The maximum atomic E-state index is 12.0.